The second kappa shape index (κ2) is 7.90. The molecule has 3 aromatic rings. The normalized spacial score (nSPS) is 18.7. The van der Waals surface area contributed by atoms with E-state index in [0.29, 0.717) is 22.4 Å². The smallest absolute Gasteiger partial charge is 0.263 e. The summed E-state index contributed by atoms with van der Waals surface area (Å²) in [5.41, 5.74) is 1.59. The van der Waals surface area contributed by atoms with Crippen LogP contribution in [0.1, 0.15) is 41.8 Å². The first-order valence-electron chi connectivity index (χ1n) is 9.94. The van der Waals surface area contributed by atoms with Crippen molar-refractivity contribution in [3.8, 4) is 6.07 Å². The Balaban J connectivity index is 1.63. The SMILES string of the molecule is N#Cc1cccc(Sc2nc3sc4c(c3c(=O)n2CC2CCCO2)CCCC4)n1. The molecule has 0 bridgehead atoms. The van der Waals surface area contributed by atoms with Crippen molar-refractivity contribution in [2.45, 2.75) is 61.4 Å². The van der Waals surface area contributed by atoms with Gasteiger partial charge in [0, 0.05) is 11.5 Å². The molecule has 5 rings (SSSR count). The summed E-state index contributed by atoms with van der Waals surface area (Å²) in [6.45, 7) is 1.25. The quantitative estimate of drug-likeness (QED) is 0.590. The Morgan fingerprint density at radius 1 is 1.28 bits per heavy atom. The number of aromatic nitrogens is 3. The molecule has 0 spiro atoms. The first-order valence-corrected chi connectivity index (χ1v) is 11.6. The van der Waals surface area contributed by atoms with Gasteiger partial charge in [0.25, 0.3) is 5.56 Å². The van der Waals surface area contributed by atoms with Gasteiger partial charge in [-0.15, -0.1) is 11.3 Å². The Hall–Kier alpha value is -2.21. The molecule has 0 amide bonds. The van der Waals surface area contributed by atoms with Crippen LogP contribution in [0.15, 0.2) is 33.2 Å². The zero-order chi connectivity index (χ0) is 19.8. The number of nitrogens with zero attached hydrogens (tertiary/aromatic N) is 4. The van der Waals surface area contributed by atoms with E-state index < -0.39 is 0 Å². The summed E-state index contributed by atoms with van der Waals surface area (Å²) in [5, 5.41) is 11.2. The molecular formula is C21H20N4O2S2. The Morgan fingerprint density at radius 3 is 3.00 bits per heavy atom. The predicted octanol–water partition coefficient (Wildman–Crippen LogP) is 3.93. The molecule has 1 atom stereocenters. The van der Waals surface area contributed by atoms with Crippen molar-refractivity contribution >= 4 is 33.3 Å². The third-order valence-corrected chi connectivity index (χ3v) is 7.60. The molecule has 1 aliphatic carbocycles. The first-order chi connectivity index (χ1) is 14.2. The minimum absolute atomic E-state index is 0.0313. The third kappa shape index (κ3) is 3.59. The van der Waals surface area contributed by atoms with E-state index in [1.165, 1.54) is 28.6 Å². The molecule has 1 fully saturated rings. The van der Waals surface area contributed by atoms with Crippen molar-refractivity contribution in [1.29, 1.82) is 5.26 Å². The number of hydrogen-bond donors (Lipinski definition) is 0. The van der Waals surface area contributed by atoms with Crippen LogP contribution in [0, 0.1) is 11.3 Å². The fourth-order valence-corrected chi connectivity index (χ4v) is 6.27. The maximum absolute atomic E-state index is 13.6. The van der Waals surface area contributed by atoms with Crippen molar-refractivity contribution in [3.05, 3.63) is 44.7 Å². The highest BCUT2D eigenvalue weighted by Crippen LogP contribution is 2.35. The molecule has 29 heavy (non-hydrogen) atoms. The Morgan fingerprint density at radius 2 is 2.17 bits per heavy atom. The average Bonchev–Trinajstić information content (AvgIpc) is 3.38. The molecule has 0 aromatic carbocycles. The van der Waals surface area contributed by atoms with E-state index in [-0.39, 0.29) is 11.7 Å². The first kappa shape index (κ1) is 18.8. The summed E-state index contributed by atoms with van der Waals surface area (Å²) < 4.78 is 7.58. The van der Waals surface area contributed by atoms with E-state index in [9.17, 15) is 4.79 Å². The molecule has 1 aliphatic heterocycles. The molecule has 4 heterocycles. The Kier molecular flexibility index (Phi) is 5.12. The van der Waals surface area contributed by atoms with Gasteiger partial charge in [-0.1, -0.05) is 6.07 Å². The number of fused-ring (bicyclic) bond motifs is 3. The number of pyridine rings is 1. The van der Waals surface area contributed by atoms with Gasteiger partial charge in [0.15, 0.2) is 5.16 Å². The Labute approximate surface area is 176 Å². The molecule has 3 aromatic heterocycles. The standard InChI is InChI=1S/C21H20N4O2S2/c22-11-13-5-3-9-17(23-13)29-21-24-19-18(15-7-1-2-8-16(15)28-19)20(26)25(21)12-14-6-4-10-27-14/h3,5,9,14H,1-2,4,6-8,10,12H2. The molecule has 0 radical (unpaired) electrons. The molecule has 6 nitrogen and oxygen atoms in total. The van der Waals surface area contributed by atoms with Crippen LogP contribution in [-0.2, 0) is 24.1 Å². The van der Waals surface area contributed by atoms with Crippen LogP contribution >= 0.6 is 23.1 Å². The summed E-state index contributed by atoms with van der Waals surface area (Å²) in [6, 6.07) is 7.39. The molecule has 1 unspecified atom stereocenters. The zero-order valence-electron chi connectivity index (χ0n) is 15.9. The van der Waals surface area contributed by atoms with E-state index >= 15 is 0 Å². The molecule has 0 saturated carbocycles. The van der Waals surface area contributed by atoms with Gasteiger partial charge in [-0.3, -0.25) is 9.36 Å². The lowest BCUT2D eigenvalue weighted by Gasteiger charge is -2.16. The number of rotatable bonds is 4. The fourth-order valence-electron chi connectivity index (χ4n) is 4.08. The molecule has 2 aliphatic rings. The van der Waals surface area contributed by atoms with E-state index in [1.54, 1.807) is 28.0 Å². The van der Waals surface area contributed by atoms with Gasteiger partial charge in [0.2, 0.25) is 0 Å². The lowest BCUT2D eigenvalue weighted by Crippen LogP contribution is -2.29. The van der Waals surface area contributed by atoms with Crippen molar-refractivity contribution in [1.82, 2.24) is 14.5 Å². The highest BCUT2D eigenvalue weighted by atomic mass is 32.2. The number of nitriles is 1. The summed E-state index contributed by atoms with van der Waals surface area (Å²) >= 11 is 3.00. The zero-order valence-corrected chi connectivity index (χ0v) is 17.5. The van der Waals surface area contributed by atoms with Gasteiger partial charge in [-0.2, -0.15) is 5.26 Å². The second-order valence-electron chi connectivity index (χ2n) is 7.41. The molecule has 148 valence electrons. The monoisotopic (exact) mass is 424 g/mol. The summed E-state index contributed by atoms with van der Waals surface area (Å²) in [6.07, 6.45) is 6.33. The Bertz CT molecular complexity index is 1170. The molecule has 8 heteroatoms. The van der Waals surface area contributed by atoms with Gasteiger partial charge in [0.05, 0.1) is 18.0 Å². The van der Waals surface area contributed by atoms with Crippen LogP contribution < -0.4 is 5.56 Å². The van der Waals surface area contributed by atoms with Crippen molar-refractivity contribution < 1.29 is 4.74 Å². The predicted molar refractivity (Wildman–Crippen MR) is 113 cm³/mol. The van der Waals surface area contributed by atoms with E-state index in [4.69, 9.17) is 15.0 Å². The number of thiophene rings is 1. The third-order valence-electron chi connectivity index (χ3n) is 5.48. The lowest BCUT2D eigenvalue weighted by molar-refractivity contribution is 0.0937. The van der Waals surface area contributed by atoms with Crippen LogP contribution in [0.2, 0.25) is 0 Å². The number of ether oxygens (including phenoxy) is 1. The molecule has 1 saturated heterocycles. The van der Waals surface area contributed by atoms with Crippen molar-refractivity contribution in [3.63, 3.8) is 0 Å². The maximum Gasteiger partial charge on any atom is 0.263 e. The van der Waals surface area contributed by atoms with Crippen LogP contribution in [-0.4, -0.2) is 27.2 Å². The van der Waals surface area contributed by atoms with Gasteiger partial charge < -0.3 is 4.74 Å². The van der Waals surface area contributed by atoms with Gasteiger partial charge in [-0.25, -0.2) is 9.97 Å². The average molecular weight is 425 g/mol. The van der Waals surface area contributed by atoms with Crippen LogP contribution in [0.5, 0.6) is 0 Å². The summed E-state index contributed by atoms with van der Waals surface area (Å²) in [4.78, 5) is 25.0. The van der Waals surface area contributed by atoms with Gasteiger partial charge >= 0.3 is 0 Å². The minimum Gasteiger partial charge on any atom is -0.376 e. The minimum atomic E-state index is 0.0313. The molecule has 0 N–H and O–H groups in total. The van der Waals surface area contributed by atoms with Crippen molar-refractivity contribution in [2.75, 3.05) is 6.61 Å². The van der Waals surface area contributed by atoms with Crippen LogP contribution in [0.4, 0.5) is 0 Å². The molecular weight excluding hydrogens is 404 g/mol. The van der Waals surface area contributed by atoms with Gasteiger partial charge in [0.1, 0.15) is 21.6 Å². The van der Waals surface area contributed by atoms with Gasteiger partial charge in [-0.05, 0) is 68.0 Å². The van der Waals surface area contributed by atoms with E-state index in [0.717, 1.165) is 48.9 Å². The van der Waals surface area contributed by atoms with Crippen molar-refractivity contribution in [2.24, 2.45) is 0 Å². The topological polar surface area (TPSA) is 80.8 Å². The van der Waals surface area contributed by atoms with E-state index in [2.05, 4.69) is 11.1 Å². The largest absolute Gasteiger partial charge is 0.376 e. The highest BCUT2D eigenvalue weighted by molar-refractivity contribution is 7.99. The summed E-state index contributed by atoms with van der Waals surface area (Å²) in [5.74, 6) is 0. The van der Waals surface area contributed by atoms with E-state index in [1.807, 2.05) is 6.07 Å². The summed E-state index contributed by atoms with van der Waals surface area (Å²) in [7, 11) is 0. The number of hydrogen-bond acceptors (Lipinski definition) is 7. The maximum atomic E-state index is 13.6. The highest BCUT2D eigenvalue weighted by Gasteiger charge is 2.25. The van der Waals surface area contributed by atoms with Crippen LogP contribution in [0.3, 0.4) is 0 Å². The second-order valence-corrected chi connectivity index (χ2v) is 9.48. The fraction of sp³-hybridized carbons (Fsp3) is 0.429. The number of aryl methyl sites for hydroxylation is 2. The lowest BCUT2D eigenvalue weighted by atomic mass is 9.97. The van der Waals surface area contributed by atoms with Crippen LogP contribution in [0.25, 0.3) is 10.2 Å².